The van der Waals surface area contributed by atoms with Crippen molar-refractivity contribution < 1.29 is 14.3 Å². The Bertz CT molecular complexity index is 643. The SMILES string of the molecule is CCCCOc1ccc(Br)cc1-c1n[nH]nc1C(=O)OCC. The number of esters is 1. The lowest BCUT2D eigenvalue weighted by atomic mass is 10.1. The Morgan fingerprint density at radius 3 is 2.86 bits per heavy atom. The number of carbonyl (C=O) groups is 1. The molecule has 1 N–H and O–H groups in total. The van der Waals surface area contributed by atoms with Crippen LogP contribution >= 0.6 is 15.9 Å². The Balaban J connectivity index is 2.37. The van der Waals surface area contributed by atoms with Crippen molar-refractivity contribution in [1.82, 2.24) is 15.4 Å². The minimum absolute atomic E-state index is 0.153. The van der Waals surface area contributed by atoms with Gasteiger partial charge in [0.15, 0.2) is 5.69 Å². The average Bonchev–Trinajstić information content (AvgIpc) is 2.98. The van der Waals surface area contributed by atoms with Crippen LogP contribution in [0.5, 0.6) is 5.75 Å². The maximum Gasteiger partial charge on any atom is 0.361 e. The van der Waals surface area contributed by atoms with Gasteiger partial charge in [0.2, 0.25) is 0 Å². The molecule has 2 aromatic rings. The maximum absolute atomic E-state index is 12.0. The minimum atomic E-state index is -0.509. The molecule has 0 atom stereocenters. The number of aromatic nitrogens is 3. The van der Waals surface area contributed by atoms with Gasteiger partial charge in [0.05, 0.1) is 13.2 Å². The summed E-state index contributed by atoms with van der Waals surface area (Å²) in [7, 11) is 0. The van der Waals surface area contributed by atoms with Crippen molar-refractivity contribution in [2.75, 3.05) is 13.2 Å². The number of aromatic amines is 1. The van der Waals surface area contributed by atoms with Gasteiger partial charge in [-0.15, -0.1) is 5.10 Å². The molecule has 0 fully saturated rings. The molecule has 22 heavy (non-hydrogen) atoms. The van der Waals surface area contributed by atoms with Gasteiger partial charge >= 0.3 is 5.97 Å². The van der Waals surface area contributed by atoms with Gasteiger partial charge in [-0.05, 0) is 31.5 Å². The van der Waals surface area contributed by atoms with Gasteiger partial charge in [0.25, 0.3) is 0 Å². The molecule has 0 unspecified atom stereocenters. The summed E-state index contributed by atoms with van der Waals surface area (Å²) in [5, 5.41) is 10.5. The van der Waals surface area contributed by atoms with Crippen LogP contribution in [0.2, 0.25) is 0 Å². The number of hydrogen-bond acceptors (Lipinski definition) is 5. The summed E-state index contributed by atoms with van der Waals surface area (Å²) in [6.45, 7) is 4.74. The number of halogens is 1. The van der Waals surface area contributed by atoms with E-state index in [1.807, 2.05) is 18.2 Å². The normalized spacial score (nSPS) is 10.5. The first kappa shape index (κ1) is 16.5. The first-order chi connectivity index (χ1) is 10.7. The number of benzene rings is 1. The molecule has 1 aromatic carbocycles. The summed E-state index contributed by atoms with van der Waals surface area (Å²) in [4.78, 5) is 12.0. The fourth-order valence-corrected chi connectivity index (χ4v) is 2.26. The van der Waals surface area contributed by atoms with E-state index in [9.17, 15) is 4.79 Å². The van der Waals surface area contributed by atoms with Crippen molar-refractivity contribution in [2.24, 2.45) is 0 Å². The third kappa shape index (κ3) is 3.85. The molecule has 0 radical (unpaired) electrons. The number of unbranched alkanes of at least 4 members (excludes halogenated alkanes) is 1. The largest absolute Gasteiger partial charge is 0.493 e. The number of rotatable bonds is 7. The molecule has 118 valence electrons. The summed E-state index contributed by atoms with van der Waals surface area (Å²) < 4.78 is 11.7. The minimum Gasteiger partial charge on any atom is -0.493 e. The molecular formula is C15H18BrN3O3. The number of nitrogens with one attached hydrogen (secondary N) is 1. The first-order valence-electron chi connectivity index (χ1n) is 7.18. The second-order valence-corrected chi connectivity index (χ2v) is 5.50. The van der Waals surface area contributed by atoms with Gasteiger partial charge in [-0.25, -0.2) is 4.79 Å². The first-order valence-corrected chi connectivity index (χ1v) is 7.97. The molecule has 7 heteroatoms. The lowest BCUT2D eigenvalue weighted by Crippen LogP contribution is -2.07. The van der Waals surface area contributed by atoms with E-state index in [0.717, 1.165) is 17.3 Å². The number of hydrogen-bond donors (Lipinski definition) is 1. The Labute approximate surface area is 137 Å². The van der Waals surface area contributed by atoms with Gasteiger partial charge in [-0.2, -0.15) is 10.3 Å². The molecule has 0 spiro atoms. The van der Waals surface area contributed by atoms with Gasteiger partial charge in [0, 0.05) is 10.0 Å². The van der Waals surface area contributed by atoms with Gasteiger partial charge in [0.1, 0.15) is 11.4 Å². The van der Waals surface area contributed by atoms with Crippen LogP contribution in [0, 0.1) is 0 Å². The van der Waals surface area contributed by atoms with Crippen molar-refractivity contribution in [3.63, 3.8) is 0 Å². The monoisotopic (exact) mass is 367 g/mol. The third-order valence-corrected chi connectivity index (χ3v) is 3.46. The molecule has 0 bridgehead atoms. The highest BCUT2D eigenvalue weighted by atomic mass is 79.9. The van der Waals surface area contributed by atoms with Crippen LogP contribution in [0.4, 0.5) is 0 Å². The highest BCUT2D eigenvalue weighted by molar-refractivity contribution is 9.10. The Hall–Kier alpha value is -1.89. The molecular weight excluding hydrogens is 350 g/mol. The van der Waals surface area contributed by atoms with E-state index in [2.05, 4.69) is 38.3 Å². The third-order valence-electron chi connectivity index (χ3n) is 2.97. The van der Waals surface area contributed by atoms with Crippen LogP contribution < -0.4 is 4.74 Å². The van der Waals surface area contributed by atoms with Crippen LogP contribution in [0.3, 0.4) is 0 Å². The summed E-state index contributed by atoms with van der Waals surface area (Å²) in [6, 6.07) is 5.58. The van der Waals surface area contributed by atoms with Crippen LogP contribution in [-0.4, -0.2) is 34.6 Å². The van der Waals surface area contributed by atoms with E-state index >= 15 is 0 Å². The fourth-order valence-electron chi connectivity index (χ4n) is 1.90. The molecule has 0 amide bonds. The lowest BCUT2D eigenvalue weighted by Gasteiger charge is -2.11. The zero-order valence-corrected chi connectivity index (χ0v) is 14.1. The van der Waals surface area contributed by atoms with Crippen molar-refractivity contribution in [1.29, 1.82) is 0 Å². The zero-order chi connectivity index (χ0) is 15.9. The van der Waals surface area contributed by atoms with E-state index in [1.165, 1.54) is 0 Å². The molecule has 1 aromatic heterocycles. The fraction of sp³-hybridized carbons (Fsp3) is 0.400. The Morgan fingerprint density at radius 1 is 1.32 bits per heavy atom. The van der Waals surface area contributed by atoms with Crippen molar-refractivity contribution in [3.05, 3.63) is 28.4 Å². The summed E-state index contributed by atoms with van der Waals surface area (Å²) >= 11 is 3.43. The predicted molar refractivity (Wildman–Crippen MR) is 85.9 cm³/mol. The number of ether oxygens (including phenoxy) is 2. The lowest BCUT2D eigenvalue weighted by molar-refractivity contribution is 0.0520. The molecule has 1 heterocycles. The molecule has 0 saturated carbocycles. The van der Waals surface area contributed by atoms with Crippen LogP contribution in [0.1, 0.15) is 37.2 Å². The van der Waals surface area contributed by atoms with Crippen LogP contribution in [-0.2, 0) is 4.74 Å². The zero-order valence-electron chi connectivity index (χ0n) is 12.6. The second kappa shape index (κ2) is 7.93. The highest BCUT2D eigenvalue weighted by Gasteiger charge is 2.22. The molecule has 0 aliphatic heterocycles. The van der Waals surface area contributed by atoms with Crippen molar-refractivity contribution >= 4 is 21.9 Å². The van der Waals surface area contributed by atoms with E-state index in [-0.39, 0.29) is 12.3 Å². The highest BCUT2D eigenvalue weighted by Crippen LogP contribution is 2.33. The molecule has 6 nitrogen and oxygen atoms in total. The molecule has 2 rings (SSSR count). The molecule has 0 aliphatic rings. The summed E-state index contributed by atoms with van der Waals surface area (Å²) in [6.07, 6.45) is 2.00. The van der Waals surface area contributed by atoms with E-state index in [0.29, 0.717) is 23.6 Å². The Morgan fingerprint density at radius 2 is 2.14 bits per heavy atom. The number of H-pyrrole nitrogens is 1. The van der Waals surface area contributed by atoms with Gasteiger partial charge in [-0.1, -0.05) is 29.3 Å². The van der Waals surface area contributed by atoms with E-state index < -0.39 is 5.97 Å². The van der Waals surface area contributed by atoms with Gasteiger partial charge in [-0.3, -0.25) is 0 Å². The molecule has 0 aliphatic carbocycles. The van der Waals surface area contributed by atoms with Crippen LogP contribution in [0.15, 0.2) is 22.7 Å². The van der Waals surface area contributed by atoms with Crippen LogP contribution in [0.25, 0.3) is 11.3 Å². The summed E-state index contributed by atoms with van der Waals surface area (Å²) in [5.74, 6) is 0.154. The topological polar surface area (TPSA) is 77.1 Å². The number of carbonyl (C=O) groups excluding carboxylic acids is 1. The quantitative estimate of drug-likeness (QED) is 0.597. The maximum atomic E-state index is 12.0. The predicted octanol–water partition coefficient (Wildman–Crippen LogP) is 3.59. The smallest absolute Gasteiger partial charge is 0.361 e. The average molecular weight is 368 g/mol. The van der Waals surface area contributed by atoms with E-state index in [4.69, 9.17) is 9.47 Å². The standard InChI is InChI=1S/C15H18BrN3O3/c1-3-5-8-22-12-7-6-10(16)9-11(12)13-14(18-19-17-13)15(20)21-4-2/h6-7,9H,3-5,8H2,1-2H3,(H,17,18,19). The second-order valence-electron chi connectivity index (χ2n) is 4.58. The molecule has 0 saturated heterocycles. The summed E-state index contributed by atoms with van der Waals surface area (Å²) in [5.41, 5.74) is 1.27. The van der Waals surface area contributed by atoms with Crippen molar-refractivity contribution in [3.8, 4) is 17.0 Å². The Kier molecular flexibility index (Phi) is 5.94. The van der Waals surface area contributed by atoms with Crippen molar-refractivity contribution in [2.45, 2.75) is 26.7 Å². The number of nitrogens with zero attached hydrogens (tertiary/aromatic N) is 2. The van der Waals surface area contributed by atoms with E-state index in [1.54, 1.807) is 6.92 Å². The van der Waals surface area contributed by atoms with Gasteiger partial charge < -0.3 is 9.47 Å².